The number of Topliss-reactive ketones (excluding diaryl/α,β-unsaturated/α-hetero) is 1. The van der Waals surface area contributed by atoms with Gasteiger partial charge in [0.25, 0.3) is 0 Å². The van der Waals surface area contributed by atoms with Crippen molar-refractivity contribution in [3.63, 3.8) is 0 Å². The van der Waals surface area contributed by atoms with E-state index in [9.17, 15) is 19.8 Å². The highest BCUT2D eigenvalue weighted by atomic mass is 16.5. The van der Waals surface area contributed by atoms with Gasteiger partial charge in [-0.2, -0.15) is 0 Å². The Kier molecular flexibility index (Phi) is 12.5. The van der Waals surface area contributed by atoms with Gasteiger partial charge < -0.3 is 19.7 Å². The Morgan fingerprint density at radius 3 is 1.59 bits per heavy atom. The highest BCUT2D eigenvalue weighted by molar-refractivity contribution is 6.40. The molecule has 234 valence electrons. The number of phenolic OH excluding ortho intramolecular Hbond substituents is 2. The molecule has 0 bridgehead atoms. The highest BCUT2D eigenvalue weighted by Crippen LogP contribution is 2.44. The summed E-state index contributed by atoms with van der Waals surface area (Å²) < 4.78 is 11.7. The van der Waals surface area contributed by atoms with Gasteiger partial charge in [0.1, 0.15) is 23.0 Å². The van der Waals surface area contributed by atoms with E-state index in [0.717, 1.165) is 25.7 Å². The fraction of sp³-hybridized carbons (Fsp3) is 0.421. The average molecular weight is 599 g/mol. The minimum Gasteiger partial charge on any atom is -0.507 e. The Balaban J connectivity index is 1.40. The third kappa shape index (κ3) is 8.52. The van der Waals surface area contributed by atoms with Crippen molar-refractivity contribution in [2.45, 2.75) is 90.9 Å². The molecule has 1 aliphatic rings. The van der Waals surface area contributed by atoms with Crippen molar-refractivity contribution in [3.8, 4) is 34.1 Å². The molecule has 6 nitrogen and oxygen atoms in total. The van der Waals surface area contributed by atoms with Crippen LogP contribution in [0.25, 0.3) is 16.7 Å². The van der Waals surface area contributed by atoms with Crippen LogP contribution in [0.15, 0.2) is 60.7 Å². The monoisotopic (exact) mass is 598 g/mol. The quantitative estimate of drug-likeness (QED) is 0.112. The Morgan fingerprint density at radius 2 is 1.07 bits per heavy atom. The summed E-state index contributed by atoms with van der Waals surface area (Å²) in [6.45, 7) is 5.67. The van der Waals surface area contributed by atoms with Crippen molar-refractivity contribution in [1.82, 2.24) is 0 Å². The predicted molar refractivity (Wildman–Crippen MR) is 176 cm³/mol. The molecule has 6 heteroatoms. The van der Waals surface area contributed by atoms with Gasteiger partial charge in [-0.15, -0.1) is 0 Å². The van der Waals surface area contributed by atoms with Gasteiger partial charge in [-0.25, -0.2) is 0 Å². The fourth-order valence-corrected chi connectivity index (χ4v) is 5.57. The van der Waals surface area contributed by atoms with Gasteiger partial charge in [0.15, 0.2) is 11.6 Å². The number of carbonyl (C=O) groups is 2. The van der Waals surface area contributed by atoms with Crippen LogP contribution in [0.4, 0.5) is 0 Å². The first-order valence-electron chi connectivity index (χ1n) is 16.3. The minimum absolute atomic E-state index is 0.166. The van der Waals surface area contributed by atoms with E-state index in [2.05, 4.69) is 13.8 Å². The summed E-state index contributed by atoms with van der Waals surface area (Å²) in [5.41, 5.74) is 1.21. The molecule has 0 fully saturated rings. The molecule has 0 unspecified atom stereocenters. The average Bonchev–Trinajstić information content (AvgIpc) is 3.03. The first-order chi connectivity index (χ1) is 21.4. The zero-order valence-electron chi connectivity index (χ0n) is 26.2. The first-order valence-corrected chi connectivity index (χ1v) is 16.3. The van der Waals surface area contributed by atoms with Crippen LogP contribution in [0.5, 0.6) is 23.0 Å². The maximum atomic E-state index is 13.5. The van der Waals surface area contributed by atoms with E-state index in [4.69, 9.17) is 9.47 Å². The summed E-state index contributed by atoms with van der Waals surface area (Å²) in [7, 11) is 0. The highest BCUT2D eigenvalue weighted by Gasteiger charge is 2.33. The van der Waals surface area contributed by atoms with E-state index in [1.54, 1.807) is 48.5 Å². The minimum atomic E-state index is -0.536. The van der Waals surface area contributed by atoms with Crippen LogP contribution in [0.3, 0.4) is 0 Å². The summed E-state index contributed by atoms with van der Waals surface area (Å²) in [6.07, 6.45) is 15.4. The van der Waals surface area contributed by atoms with Gasteiger partial charge in [-0.05, 0) is 60.4 Å². The number of ketones is 2. The Hall–Kier alpha value is -4.06. The second-order valence-corrected chi connectivity index (χ2v) is 11.6. The number of rotatable bonds is 18. The lowest BCUT2D eigenvalue weighted by atomic mass is 9.83. The molecule has 0 heterocycles. The van der Waals surface area contributed by atoms with Crippen LogP contribution in [0.2, 0.25) is 0 Å². The van der Waals surface area contributed by atoms with Crippen molar-refractivity contribution in [2.24, 2.45) is 0 Å². The summed E-state index contributed by atoms with van der Waals surface area (Å²) in [6, 6.07) is 15.5. The molecule has 1 aliphatic carbocycles. The number of benzene rings is 3. The smallest absolute Gasteiger partial charge is 0.198 e. The van der Waals surface area contributed by atoms with Crippen molar-refractivity contribution >= 4 is 17.1 Å². The third-order valence-corrected chi connectivity index (χ3v) is 8.14. The second kappa shape index (κ2) is 16.7. The molecule has 44 heavy (non-hydrogen) atoms. The lowest BCUT2D eigenvalue weighted by Crippen LogP contribution is -2.17. The standard InChI is InChI=1S/C38H46O6/c1-3-5-7-9-11-13-23-43-29-19-15-27(16-20-29)31-25-33(39)36-35(37(31)41)34(40)26-32(38(36)42)28-17-21-30(22-18-28)44-24-14-12-10-8-6-4-2/h15-22,25-26,39,41H,3-14,23-24H2,1-2H3. The van der Waals surface area contributed by atoms with Crippen LogP contribution in [-0.2, 0) is 0 Å². The van der Waals surface area contributed by atoms with Crippen LogP contribution in [-0.4, -0.2) is 35.0 Å². The Labute approximate surface area is 261 Å². The molecule has 0 atom stereocenters. The van der Waals surface area contributed by atoms with Crippen molar-refractivity contribution < 1.29 is 29.3 Å². The van der Waals surface area contributed by atoms with Crippen molar-refractivity contribution in [1.29, 1.82) is 0 Å². The zero-order valence-corrected chi connectivity index (χ0v) is 26.2. The first kappa shape index (κ1) is 32.8. The number of carbonyl (C=O) groups excluding carboxylic acids is 2. The van der Waals surface area contributed by atoms with E-state index < -0.39 is 11.6 Å². The van der Waals surface area contributed by atoms with Gasteiger partial charge in [0.2, 0.25) is 0 Å². The van der Waals surface area contributed by atoms with Crippen LogP contribution >= 0.6 is 0 Å². The maximum absolute atomic E-state index is 13.5. The van der Waals surface area contributed by atoms with Gasteiger partial charge in [-0.1, -0.05) is 102 Å². The van der Waals surface area contributed by atoms with Crippen molar-refractivity contribution in [3.05, 3.63) is 77.4 Å². The summed E-state index contributed by atoms with van der Waals surface area (Å²) in [4.78, 5) is 26.7. The molecule has 2 N–H and O–H groups in total. The molecule has 3 aromatic rings. The lowest BCUT2D eigenvalue weighted by Gasteiger charge is -2.20. The third-order valence-electron chi connectivity index (χ3n) is 8.14. The molecule has 0 aromatic heterocycles. The summed E-state index contributed by atoms with van der Waals surface area (Å²) >= 11 is 0. The number of unbranched alkanes of at least 4 members (excludes halogenated alkanes) is 10. The molecular formula is C38H46O6. The van der Waals surface area contributed by atoms with E-state index in [1.165, 1.54) is 63.5 Å². The molecule has 3 aromatic carbocycles. The zero-order chi connectivity index (χ0) is 31.3. The van der Waals surface area contributed by atoms with E-state index in [-0.39, 0.29) is 33.8 Å². The molecule has 4 rings (SSSR count). The number of allylic oxidation sites excluding steroid dienone is 2. The Morgan fingerprint density at radius 1 is 0.591 bits per heavy atom. The topological polar surface area (TPSA) is 93.1 Å². The molecule has 0 spiro atoms. The van der Waals surface area contributed by atoms with Gasteiger partial charge in [-0.3, -0.25) is 9.59 Å². The number of ether oxygens (including phenoxy) is 2. The summed E-state index contributed by atoms with van der Waals surface area (Å²) in [5.74, 6) is -0.321. The molecule has 0 aliphatic heterocycles. The second-order valence-electron chi connectivity index (χ2n) is 11.6. The maximum Gasteiger partial charge on any atom is 0.198 e. The van der Waals surface area contributed by atoms with Gasteiger partial charge >= 0.3 is 0 Å². The number of phenols is 2. The van der Waals surface area contributed by atoms with Gasteiger partial charge in [0.05, 0.1) is 24.3 Å². The lowest BCUT2D eigenvalue weighted by molar-refractivity contribution is 0.0997. The molecule has 0 saturated carbocycles. The van der Waals surface area contributed by atoms with E-state index in [0.29, 0.717) is 35.8 Å². The van der Waals surface area contributed by atoms with Gasteiger partial charge in [0, 0.05) is 11.1 Å². The largest absolute Gasteiger partial charge is 0.507 e. The van der Waals surface area contributed by atoms with Crippen molar-refractivity contribution in [2.75, 3.05) is 13.2 Å². The fourth-order valence-electron chi connectivity index (χ4n) is 5.57. The molecule has 0 amide bonds. The SMILES string of the molecule is CCCCCCCCOc1ccc(C2=CC(=O)c3c(O)c(-c4ccc(OCCCCCCCC)cc4)cc(O)c3C2=O)cc1. The van der Waals surface area contributed by atoms with E-state index >= 15 is 0 Å². The van der Waals surface area contributed by atoms with Crippen LogP contribution in [0, 0.1) is 0 Å². The summed E-state index contributed by atoms with van der Waals surface area (Å²) in [5, 5.41) is 22.1. The number of hydrogen-bond acceptors (Lipinski definition) is 6. The number of fused-ring (bicyclic) bond motifs is 1. The van der Waals surface area contributed by atoms with E-state index in [1.807, 2.05) is 0 Å². The normalized spacial score (nSPS) is 12.6. The predicted octanol–water partition coefficient (Wildman–Crippen LogP) is 9.71. The molecule has 0 radical (unpaired) electrons. The molecule has 0 saturated heterocycles. The Bertz CT molecular complexity index is 1420. The number of aromatic hydroxyl groups is 2. The van der Waals surface area contributed by atoms with Crippen LogP contribution in [0.1, 0.15) is 117 Å². The number of hydrogen-bond donors (Lipinski definition) is 2. The molecular weight excluding hydrogens is 552 g/mol. The van der Waals surface area contributed by atoms with Crippen LogP contribution < -0.4 is 9.47 Å².